The highest BCUT2D eigenvalue weighted by atomic mass is 28.4. The highest BCUT2D eigenvalue weighted by Gasteiger charge is 2.23. The van der Waals surface area contributed by atoms with Gasteiger partial charge in [0.2, 0.25) is 14.3 Å². The number of rotatable bonds is 3. The van der Waals surface area contributed by atoms with E-state index in [0.717, 1.165) is 25.8 Å². The van der Waals surface area contributed by atoms with Crippen molar-refractivity contribution in [2.45, 2.75) is 44.8 Å². The molecule has 1 aliphatic heterocycles. The minimum atomic E-state index is -2.48. The van der Waals surface area contributed by atoms with Crippen molar-refractivity contribution in [1.29, 1.82) is 0 Å². The van der Waals surface area contributed by atoms with Crippen LogP contribution in [-0.2, 0) is 4.79 Å². The van der Waals surface area contributed by atoms with Gasteiger partial charge in [-0.1, -0.05) is 6.42 Å². The standard InChI is InChI=1S/C10H20FNOSi/c1-14(2,11)9-8-12-7-5-3-4-6-10(12)13/h3-9H2,1-2H3. The number of carbonyl (C=O) groups is 1. The van der Waals surface area contributed by atoms with Crippen molar-refractivity contribution < 1.29 is 8.90 Å². The van der Waals surface area contributed by atoms with E-state index >= 15 is 0 Å². The van der Waals surface area contributed by atoms with E-state index < -0.39 is 8.41 Å². The molecule has 1 saturated heterocycles. The van der Waals surface area contributed by atoms with Gasteiger partial charge in [0.15, 0.2) is 0 Å². The third kappa shape index (κ3) is 4.22. The van der Waals surface area contributed by atoms with Crippen molar-refractivity contribution >= 4 is 14.3 Å². The summed E-state index contributed by atoms with van der Waals surface area (Å²) in [6.07, 6.45) is 3.89. The van der Waals surface area contributed by atoms with Crippen molar-refractivity contribution in [3.05, 3.63) is 0 Å². The molecule has 14 heavy (non-hydrogen) atoms. The molecule has 2 nitrogen and oxygen atoms in total. The van der Waals surface area contributed by atoms with Gasteiger partial charge in [-0.2, -0.15) is 0 Å². The predicted octanol–water partition coefficient (Wildman–Crippen LogP) is 2.56. The molecule has 0 radical (unpaired) electrons. The predicted molar refractivity (Wildman–Crippen MR) is 58.4 cm³/mol. The maximum Gasteiger partial charge on any atom is 0.242 e. The molecule has 82 valence electrons. The first-order valence-corrected chi connectivity index (χ1v) is 8.54. The average molecular weight is 217 g/mol. The molecule has 1 amide bonds. The first-order chi connectivity index (χ1) is 6.49. The summed E-state index contributed by atoms with van der Waals surface area (Å²) in [5.74, 6) is 0.223. The third-order valence-electron chi connectivity index (χ3n) is 2.65. The Balaban J connectivity index is 2.37. The van der Waals surface area contributed by atoms with Crippen LogP contribution in [-0.4, -0.2) is 32.3 Å². The largest absolute Gasteiger partial charge is 0.343 e. The third-order valence-corrected chi connectivity index (χ3v) is 4.06. The van der Waals surface area contributed by atoms with E-state index in [1.54, 1.807) is 13.1 Å². The lowest BCUT2D eigenvalue weighted by Gasteiger charge is -2.22. The molecule has 0 N–H and O–H groups in total. The Morgan fingerprint density at radius 1 is 1.36 bits per heavy atom. The van der Waals surface area contributed by atoms with Crippen LogP contribution in [0.3, 0.4) is 0 Å². The zero-order valence-electron chi connectivity index (χ0n) is 9.18. The first-order valence-electron chi connectivity index (χ1n) is 5.46. The molecule has 1 rings (SSSR count). The molecule has 0 spiro atoms. The van der Waals surface area contributed by atoms with Crippen LogP contribution in [0.1, 0.15) is 25.7 Å². The zero-order valence-corrected chi connectivity index (χ0v) is 10.2. The van der Waals surface area contributed by atoms with Crippen LogP contribution >= 0.6 is 0 Å². The molecule has 0 aliphatic carbocycles. The molecular weight excluding hydrogens is 197 g/mol. The van der Waals surface area contributed by atoms with Gasteiger partial charge in [0.1, 0.15) is 0 Å². The van der Waals surface area contributed by atoms with Gasteiger partial charge < -0.3 is 9.01 Å². The number of nitrogens with zero attached hydrogens (tertiary/aromatic N) is 1. The Morgan fingerprint density at radius 2 is 2.07 bits per heavy atom. The summed E-state index contributed by atoms with van der Waals surface area (Å²) in [7, 11) is -2.48. The van der Waals surface area contributed by atoms with Crippen LogP contribution < -0.4 is 0 Å². The minimum Gasteiger partial charge on any atom is -0.343 e. The summed E-state index contributed by atoms with van der Waals surface area (Å²) in [4.78, 5) is 13.4. The second kappa shape index (κ2) is 4.91. The summed E-state index contributed by atoms with van der Waals surface area (Å²) >= 11 is 0. The van der Waals surface area contributed by atoms with Crippen molar-refractivity contribution in [1.82, 2.24) is 4.90 Å². The van der Waals surface area contributed by atoms with Gasteiger partial charge >= 0.3 is 0 Å². The zero-order chi connectivity index (χ0) is 10.6. The quantitative estimate of drug-likeness (QED) is 0.525. The van der Waals surface area contributed by atoms with Crippen molar-refractivity contribution in [3.63, 3.8) is 0 Å². The topological polar surface area (TPSA) is 20.3 Å². The normalized spacial score (nSPS) is 19.6. The van der Waals surface area contributed by atoms with E-state index in [4.69, 9.17) is 0 Å². The van der Waals surface area contributed by atoms with Gasteiger partial charge in [-0.15, -0.1) is 0 Å². The lowest BCUT2D eigenvalue weighted by Crippen LogP contribution is -2.35. The minimum absolute atomic E-state index is 0.223. The van der Waals surface area contributed by atoms with Gasteiger partial charge in [0.05, 0.1) is 0 Å². The molecule has 0 aromatic carbocycles. The second-order valence-electron chi connectivity index (χ2n) is 4.66. The number of amides is 1. The maximum absolute atomic E-state index is 13.4. The first kappa shape index (κ1) is 11.7. The van der Waals surface area contributed by atoms with Gasteiger partial charge in [-0.05, 0) is 32.0 Å². The van der Waals surface area contributed by atoms with E-state index in [1.807, 2.05) is 4.90 Å². The van der Waals surface area contributed by atoms with Crippen LogP contribution in [0, 0.1) is 0 Å². The lowest BCUT2D eigenvalue weighted by molar-refractivity contribution is -0.130. The van der Waals surface area contributed by atoms with Crippen LogP contribution in [0.25, 0.3) is 0 Å². The van der Waals surface area contributed by atoms with E-state index in [2.05, 4.69) is 0 Å². The van der Waals surface area contributed by atoms with Crippen molar-refractivity contribution in [3.8, 4) is 0 Å². The van der Waals surface area contributed by atoms with E-state index in [1.165, 1.54) is 0 Å². The fraction of sp³-hybridized carbons (Fsp3) is 0.900. The van der Waals surface area contributed by atoms with Crippen LogP contribution in [0.5, 0.6) is 0 Å². The molecule has 1 fully saturated rings. The van der Waals surface area contributed by atoms with Crippen LogP contribution in [0.15, 0.2) is 0 Å². The van der Waals surface area contributed by atoms with Gasteiger partial charge in [-0.3, -0.25) is 4.79 Å². The molecule has 0 bridgehead atoms. The van der Waals surface area contributed by atoms with Gasteiger partial charge in [0, 0.05) is 19.5 Å². The molecule has 1 aliphatic rings. The molecule has 0 aromatic heterocycles. The van der Waals surface area contributed by atoms with Gasteiger partial charge in [0.25, 0.3) is 0 Å². The molecule has 0 atom stereocenters. The van der Waals surface area contributed by atoms with E-state index in [-0.39, 0.29) is 5.91 Å². The summed E-state index contributed by atoms with van der Waals surface area (Å²) < 4.78 is 13.4. The molecule has 4 heteroatoms. The van der Waals surface area contributed by atoms with E-state index in [9.17, 15) is 8.90 Å². The Hall–Kier alpha value is -0.383. The fourth-order valence-corrected chi connectivity index (χ4v) is 2.48. The summed E-state index contributed by atoms with van der Waals surface area (Å²) in [5, 5.41) is 0. The Kier molecular flexibility index (Phi) is 4.10. The monoisotopic (exact) mass is 217 g/mol. The Labute approximate surface area is 86.7 Å². The fourth-order valence-electron chi connectivity index (χ4n) is 1.68. The Morgan fingerprint density at radius 3 is 2.71 bits per heavy atom. The SMILES string of the molecule is C[Si](C)(F)CCN1CCCCCC1=O. The average Bonchev–Trinajstić information content (AvgIpc) is 2.25. The molecule has 0 aromatic rings. The summed E-state index contributed by atoms with van der Waals surface area (Å²) in [6, 6.07) is 0.582. The number of halogens is 1. The summed E-state index contributed by atoms with van der Waals surface area (Å²) in [6.45, 7) is 4.88. The lowest BCUT2D eigenvalue weighted by atomic mass is 10.2. The van der Waals surface area contributed by atoms with Crippen LogP contribution in [0.4, 0.5) is 4.11 Å². The highest BCUT2D eigenvalue weighted by Crippen LogP contribution is 2.15. The molecular formula is C10H20FNOSi. The molecule has 0 unspecified atom stereocenters. The molecule has 1 heterocycles. The van der Waals surface area contributed by atoms with Gasteiger partial charge in [-0.25, -0.2) is 0 Å². The number of hydrogen-bond donors (Lipinski definition) is 0. The van der Waals surface area contributed by atoms with E-state index in [0.29, 0.717) is 19.0 Å². The van der Waals surface area contributed by atoms with Crippen LogP contribution in [0.2, 0.25) is 19.1 Å². The highest BCUT2D eigenvalue weighted by molar-refractivity contribution is 6.70. The maximum atomic E-state index is 13.4. The summed E-state index contributed by atoms with van der Waals surface area (Å²) in [5.41, 5.74) is 0. The molecule has 0 saturated carbocycles. The smallest absolute Gasteiger partial charge is 0.242 e. The van der Waals surface area contributed by atoms with Crippen molar-refractivity contribution in [2.75, 3.05) is 13.1 Å². The second-order valence-corrected chi connectivity index (χ2v) is 8.60. The Bertz CT molecular complexity index is 203. The number of carbonyl (C=O) groups excluding carboxylic acids is 1. The number of hydrogen-bond acceptors (Lipinski definition) is 1. The number of likely N-dealkylation sites (tertiary alicyclic amines) is 1. The van der Waals surface area contributed by atoms with Crippen molar-refractivity contribution in [2.24, 2.45) is 0 Å².